The van der Waals surface area contributed by atoms with E-state index in [0.717, 1.165) is 64.2 Å². The molecule has 1 aliphatic heterocycles. The van der Waals surface area contributed by atoms with Crippen molar-refractivity contribution in [2.75, 3.05) is 51.4 Å². The molecule has 0 saturated carbocycles. The third-order valence-electron chi connectivity index (χ3n) is 4.80. The van der Waals surface area contributed by atoms with Crippen molar-refractivity contribution < 1.29 is 14.3 Å². The molecule has 0 bridgehead atoms. The number of morpholine rings is 1. The van der Waals surface area contributed by atoms with Crippen molar-refractivity contribution in [2.24, 2.45) is 0 Å². The summed E-state index contributed by atoms with van der Waals surface area (Å²) in [5.41, 5.74) is 0.850. The van der Waals surface area contributed by atoms with Crippen molar-refractivity contribution in [1.82, 2.24) is 9.88 Å². The molecule has 4 rings (SSSR count). The standard InChI is InChI=1S/C20H22BrN3O3S2/c1-26-14-3-4-16-15(13-14)22-20(29-16)24(19(25)17-5-6-18(21)28-17)8-2-7-23-9-11-27-12-10-23/h3-6,13H,2,7-12H2,1H3. The van der Waals surface area contributed by atoms with E-state index >= 15 is 0 Å². The number of benzene rings is 1. The lowest BCUT2D eigenvalue weighted by atomic mass is 10.3. The largest absolute Gasteiger partial charge is 0.497 e. The summed E-state index contributed by atoms with van der Waals surface area (Å²) in [5.74, 6) is 0.760. The third-order valence-corrected chi connectivity index (χ3v) is 7.47. The van der Waals surface area contributed by atoms with Crippen molar-refractivity contribution in [3.63, 3.8) is 0 Å². The molecule has 1 aliphatic rings. The molecule has 0 unspecified atom stereocenters. The highest BCUT2D eigenvalue weighted by molar-refractivity contribution is 9.11. The Hall–Kier alpha value is -1.52. The number of fused-ring (bicyclic) bond motifs is 1. The van der Waals surface area contributed by atoms with Gasteiger partial charge in [0.2, 0.25) is 0 Å². The average molecular weight is 496 g/mol. The van der Waals surface area contributed by atoms with E-state index in [1.807, 2.05) is 35.2 Å². The number of anilines is 1. The minimum Gasteiger partial charge on any atom is -0.497 e. The van der Waals surface area contributed by atoms with E-state index in [9.17, 15) is 4.79 Å². The molecule has 0 N–H and O–H groups in total. The number of aromatic nitrogens is 1. The topological polar surface area (TPSA) is 54.9 Å². The first-order chi connectivity index (χ1) is 14.1. The zero-order chi connectivity index (χ0) is 20.2. The number of thiazole rings is 1. The van der Waals surface area contributed by atoms with E-state index in [-0.39, 0.29) is 5.91 Å². The molecule has 0 spiro atoms. The van der Waals surface area contributed by atoms with Crippen LogP contribution >= 0.6 is 38.6 Å². The quantitative estimate of drug-likeness (QED) is 0.482. The van der Waals surface area contributed by atoms with Crippen LogP contribution in [-0.4, -0.2) is 62.3 Å². The number of rotatable bonds is 7. The summed E-state index contributed by atoms with van der Waals surface area (Å²) >= 11 is 6.44. The van der Waals surface area contributed by atoms with E-state index < -0.39 is 0 Å². The normalized spacial score (nSPS) is 15.0. The molecule has 29 heavy (non-hydrogen) atoms. The second kappa shape index (κ2) is 9.53. The van der Waals surface area contributed by atoms with Crippen molar-refractivity contribution >= 4 is 59.9 Å². The number of nitrogens with zero attached hydrogens (tertiary/aromatic N) is 3. The fourth-order valence-electron chi connectivity index (χ4n) is 3.26. The van der Waals surface area contributed by atoms with Gasteiger partial charge in [-0.15, -0.1) is 11.3 Å². The predicted octanol–water partition coefficient (Wildman–Crippen LogP) is 4.50. The first-order valence-corrected chi connectivity index (χ1v) is 11.9. The van der Waals surface area contributed by atoms with Crippen LogP contribution in [0, 0.1) is 0 Å². The maximum absolute atomic E-state index is 13.3. The lowest BCUT2D eigenvalue weighted by molar-refractivity contribution is 0.0376. The fourth-order valence-corrected chi connectivity index (χ4v) is 5.57. The number of hydrogen-bond acceptors (Lipinski definition) is 7. The lowest BCUT2D eigenvalue weighted by Crippen LogP contribution is -2.39. The highest BCUT2D eigenvalue weighted by atomic mass is 79.9. The molecule has 3 aromatic rings. The molecule has 0 atom stereocenters. The van der Waals surface area contributed by atoms with Gasteiger partial charge in [0.15, 0.2) is 5.13 Å². The predicted molar refractivity (Wildman–Crippen MR) is 122 cm³/mol. The summed E-state index contributed by atoms with van der Waals surface area (Å²) in [7, 11) is 1.64. The third kappa shape index (κ3) is 4.97. The number of carbonyl (C=O) groups excluding carboxylic acids is 1. The zero-order valence-electron chi connectivity index (χ0n) is 16.1. The van der Waals surface area contributed by atoms with Gasteiger partial charge in [-0.3, -0.25) is 14.6 Å². The first-order valence-electron chi connectivity index (χ1n) is 9.46. The van der Waals surface area contributed by atoms with Crippen LogP contribution in [0.3, 0.4) is 0 Å². The Morgan fingerprint density at radius 2 is 2.10 bits per heavy atom. The van der Waals surface area contributed by atoms with Crippen LogP contribution in [0.15, 0.2) is 34.1 Å². The summed E-state index contributed by atoms with van der Waals surface area (Å²) in [6, 6.07) is 9.60. The van der Waals surface area contributed by atoms with Crippen LogP contribution < -0.4 is 9.64 Å². The number of thiophene rings is 1. The van der Waals surface area contributed by atoms with Crippen molar-refractivity contribution in [3.8, 4) is 5.75 Å². The molecular formula is C20H22BrN3O3S2. The zero-order valence-corrected chi connectivity index (χ0v) is 19.3. The summed E-state index contributed by atoms with van der Waals surface area (Å²) < 4.78 is 12.7. The molecule has 1 aromatic carbocycles. The van der Waals surface area contributed by atoms with Gasteiger partial charge in [-0.1, -0.05) is 11.3 Å². The molecule has 1 fully saturated rings. The van der Waals surface area contributed by atoms with E-state index in [1.54, 1.807) is 7.11 Å². The molecule has 2 aromatic heterocycles. The molecule has 1 saturated heterocycles. The highest BCUT2D eigenvalue weighted by Gasteiger charge is 2.23. The van der Waals surface area contributed by atoms with Gasteiger partial charge in [0.05, 0.1) is 39.2 Å². The maximum atomic E-state index is 13.3. The van der Waals surface area contributed by atoms with Crippen molar-refractivity contribution in [2.45, 2.75) is 6.42 Å². The van der Waals surface area contributed by atoms with Crippen LogP contribution in [0.25, 0.3) is 10.2 Å². The summed E-state index contributed by atoms with van der Waals surface area (Å²) in [4.78, 5) is 22.9. The second-order valence-corrected chi connectivity index (χ2v) is 10.2. The average Bonchev–Trinajstić information content (AvgIpc) is 3.37. The van der Waals surface area contributed by atoms with Gasteiger partial charge < -0.3 is 9.47 Å². The van der Waals surface area contributed by atoms with Crippen LogP contribution in [0.5, 0.6) is 5.75 Å². The van der Waals surface area contributed by atoms with Gasteiger partial charge in [-0.05, 0) is 46.6 Å². The monoisotopic (exact) mass is 495 g/mol. The Bertz CT molecular complexity index is 984. The lowest BCUT2D eigenvalue weighted by Gasteiger charge is -2.27. The van der Waals surface area contributed by atoms with Gasteiger partial charge in [0.1, 0.15) is 5.75 Å². The maximum Gasteiger partial charge on any atom is 0.270 e. The Balaban J connectivity index is 1.56. The van der Waals surface area contributed by atoms with Gasteiger partial charge in [0, 0.05) is 32.2 Å². The van der Waals surface area contributed by atoms with E-state index in [0.29, 0.717) is 11.4 Å². The number of carbonyl (C=O) groups is 1. The van der Waals surface area contributed by atoms with E-state index in [2.05, 4.69) is 20.8 Å². The van der Waals surface area contributed by atoms with E-state index in [4.69, 9.17) is 14.5 Å². The Kier molecular flexibility index (Phi) is 6.81. The minimum atomic E-state index is -0.00583. The van der Waals surface area contributed by atoms with Crippen molar-refractivity contribution in [3.05, 3.63) is 39.0 Å². The van der Waals surface area contributed by atoms with Crippen molar-refractivity contribution in [1.29, 1.82) is 0 Å². The molecule has 3 heterocycles. The first kappa shape index (κ1) is 20.7. The minimum absolute atomic E-state index is 0.00583. The van der Waals surface area contributed by atoms with Gasteiger partial charge in [0.25, 0.3) is 5.91 Å². The summed E-state index contributed by atoms with van der Waals surface area (Å²) in [5, 5.41) is 0.727. The SMILES string of the molecule is COc1ccc2sc(N(CCCN3CCOCC3)C(=O)c3ccc(Br)s3)nc2c1. The van der Waals surface area contributed by atoms with Gasteiger partial charge in [-0.25, -0.2) is 4.98 Å². The molecule has 0 radical (unpaired) electrons. The van der Waals surface area contributed by atoms with Gasteiger partial charge >= 0.3 is 0 Å². The highest BCUT2D eigenvalue weighted by Crippen LogP contribution is 2.33. The van der Waals surface area contributed by atoms with Crippen LogP contribution in [0.2, 0.25) is 0 Å². The van der Waals surface area contributed by atoms with Crippen LogP contribution in [-0.2, 0) is 4.74 Å². The molecule has 154 valence electrons. The molecule has 0 aliphatic carbocycles. The van der Waals surface area contributed by atoms with Crippen LogP contribution in [0.4, 0.5) is 5.13 Å². The molecule has 6 nitrogen and oxygen atoms in total. The second-order valence-electron chi connectivity index (χ2n) is 6.70. The Morgan fingerprint density at radius 1 is 1.28 bits per heavy atom. The summed E-state index contributed by atoms with van der Waals surface area (Å²) in [6.45, 7) is 5.04. The van der Waals surface area contributed by atoms with E-state index in [1.165, 1.54) is 22.7 Å². The number of halogens is 1. The molecule has 9 heteroatoms. The molecule has 1 amide bonds. The number of hydrogen-bond donors (Lipinski definition) is 0. The number of ether oxygens (including phenoxy) is 2. The fraction of sp³-hybridized carbons (Fsp3) is 0.400. The smallest absolute Gasteiger partial charge is 0.270 e. The number of amides is 1. The summed E-state index contributed by atoms with van der Waals surface area (Å²) in [6.07, 6.45) is 0.886. The van der Waals surface area contributed by atoms with Crippen LogP contribution in [0.1, 0.15) is 16.1 Å². The Labute approximate surface area is 186 Å². The van der Waals surface area contributed by atoms with Gasteiger partial charge in [-0.2, -0.15) is 0 Å². The molecular weight excluding hydrogens is 474 g/mol. The Morgan fingerprint density at radius 3 is 2.83 bits per heavy atom. The number of methoxy groups -OCH3 is 1.